The lowest BCUT2D eigenvalue weighted by Crippen LogP contribution is -1.88. The van der Waals surface area contributed by atoms with E-state index in [0.717, 1.165) is 15.2 Å². The molecule has 0 atom stereocenters. The molecule has 1 heterocycles. The first kappa shape index (κ1) is 12.1. The third-order valence-electron chi connectivity index (χ3n) is 2.69. The molecule has 94 valence electrons. The van der Waals surface area contributed by atoms with Gasteiger partial charge >= 0.3 is 0 Å². The summed E-state index contributed by atoms with van der Waals surface area (Å²) in [5.74, 6) is 0. The normalized spacial score (nSPS) is 10.8. The molecule has 0 radical (unpaired) electrons. The topological polar surface area (TPSA) is 56.0 Å². The second-order valence-corrected chi connectivity index (χ2v) is 5.35. The number of benzene rings is 2. The number of thiazole rings is 1. The van der Waals surface area contributed by atoms with E-state index < -0.39 is 4.92 Å². The van der Waals surface area contributed by atoms with E-state index in [9.17, 15) is 10.1 Å². The first-order chi connectivity index (χ1) is 9.15. The Morgan fingerprint density at radius 2 is 2.00 bits per heavy atom. The number of nitrogens with zero attached hydrogens (tertiary/aromatic N) is 2. The Hall–Kier alpha value is -1.98. The van der Waals surface area contributed by atoms with Crippen LogP contribution >= 0.6 is 22.9 Å². The van der Waals surface area contributed by atoms with Gasteiger partial charge in [0.15, 0.2) is 0 Å². The highest BCUT2D eigenvalue weighted by Gasteiger charge is 2.13. The molecule has 0 saturated heterocycles. The van der Waals surface area contributed by atoms with Crippen LogP contribution in [0.3, 0.4) is 0 Å². The van der Waals surface area contributed by atoms with Crippen LogP contribution in [0.15, 0.2) is 42.5 Å². The van der Waals surface area contributed by atoms with Gasteiger partial charge in [0, 0.05) is 17.7 Å². The van der Waals surface area contributed by atoms with Crippen molar-refractivity contribution in [1.82, 2.24) is 4.98 Å². The largest absolute Gasteiger partial charge is 0.270 e. The van der Waals surface area contributed by atoms with E-state index in [-0.39, 0.29) is 5.69 Å². The number of non-ortho nitro benzene ring substituents is 1. The van der Waals surface area contributed by atoms with Gasteiger partial charge in [-0.3, -0.25) is 10.1 Å². The minimum absolute atomic E-state index is 0.0186. The third kappa shape index (κ3) is 2.18. The minimum Gasteiger partial charge on any atom is -0.258 e. The summed E-state index contributed by atoms with van der Waals surface area (Å²) in [7, 11) is 0. The maximum Gasteiger partial charge on any atom is 0.270 e. The second-order valence-electron chi connectivity index (χ2n) is 3.91. The highest BCUT2D eigenvalue weighted by Crippen LogP contribution is 2.35. The van der Waals surface area contributed by atoms with Gasteiger partial charge in [0.25, 0.3) is 5.69 Å². The van der Waals surface area contributed by atoms with Crippen LogP contribution in [0.25, 0.3) is 20.8 Å². The number of para-hydroxylation sites is 1. The fraction of sp³-hybridized carbons (Fsp3) is 0. The van der Waals surface area contributed by atoms with Gasteiger partial charge in [0.2, 0.25) is 0 Å². The third-order valence-corrected chi connectivity index (χ3v) is 4.07. The lowest BCUT2D eigenvalue weighted by molar-refractivity contribution is -0.384. The van der Waals surface area contributed by atoms with Gasteiger partial charge in [-0.2, -0.15) is 0 Å². The number of nitro benzene ring substituents is 1. The Bertz CT molecular complexity index is 752. The van der Waals surface area contributed by atoms with Crippen LogP contribution in [0.1, 0.15) is 0 Å². The number of halogens is 1. The molecular weight excluding hydrogens is 284 g/mol. The smallest absolute Gasteiger partial charge is 0.258 e. The van der Waals surface area contributed by atoms with Gasteiger partial charge in [0.05, 0.1) is 20.2 Å². The van der Waals surface area contributed by atoms with E-state index in [1.54, 1.807) is 6.07 Å². The molecule has 6 heteroatoms. The molecule has 0 fully saturated rings. The number of nitro groups is 1. The zero-order chi connectivity index (χ0) is 13.4. The van der Waals surface area contributed by atoms with Crippen LogP contribution < -0.4 is 0 Å². The van der Waals surface area contributed by atoms with Crippen molar-refractivity contribution >= 4 is 38.8 Å². The summed E-state index contributed by atoms with van der Waals surface area (Å²) in [5, 5.41) is 11.8. The number of aromatic nitrogens is 1. The Labute approximate surface area is 117 Å². The molecule has 0 aliphatic rings. The summed E-state index contributed by atoms with van der Waals surface area (Å²) < 4.78 is 1.06. The summed E-state index contributed by atoms with van der Waals surface area (Å²) in [5.41, 5.74) is 1.60. The lowest BCUT2D eigenvalue weighted by atomic mass is 10.2. The fourth-order valence-corrected chi connectivity index (χ4v) is 3.10. The predicted octanol–water partition coefficient (Wildman–Crippen LogP) is 4.52. The van der Waals surface area contributed by atoms with Crippen LogP contribution in [0.4, 0.5) is 5.69 Å². The maximum absolute atomic E-state index is 10.7. The summed E-state index contributed by atoms with van der Waals surface area (Å²) in [6.07, 6.45) is 0. The van der Waals surface area contributed by atoms with Gasteiger partial charge in [-0.1, -0.05) is 23.7 Å². The van der Waals surface area contributed by atoms with Crippen molar-refractivity contribution in [3.63, 3.8) is 0 Å². The van der Waals surface area contributed by atoms with Crippen LogP contribution in [-0.4, -0.2) is 9.91 Å². The van der Waals surface area contributed by atoms with Crippen LogP contribution in [0.5, 0.6) is 0 Å². The van der Waals surface area contributed by atoms with E-state index in [4.69, 9.17) is 11.6 Å². The first-order valence-corrected chi connectivity index (χ1v) is 6.64. The molecular formula is C13H7ClN2O2S. The molecule has 0 aliphatic carbocycles. The zero-order valence-electron chi connectivity index (χ0n) is 9.54. The van der Waals surface area contributed by atoms with Crippen molar-refractivity contribution in [2.75, 3.05) is 0 Å². The molecule has 4 nitrogen and oxygen atoms in total. The van der Waals surface area contributed by atoms with Crippen molar-refractivity contribution in [2.24, 2.45) is 0 Å². The van der Waals surface area contributed by atoms with Crippen molar-refractivity contribution < 1.29 is 4.92 Å². The second kappa shape index (κ2) is 4.60. The Morgan fingerprint density at radius 1 is 1.21 bits per heavy atom. The standard InChI is InChI=1S/C13H7ClN2O2S/c14-10-7-8(16(17)18)5-6-9(10)13-15-11-3-1-2-4-12(11)19-13/h1-7H. The average Bonchev–Trinajstić information content (AvgIpc) is 2.81. The van der Waals surface area contributed by atoms with Crippen LogP contribution in [0, 0.1) is 10.1 Å². The molecule has 1 aromatic heterocycles. The van der Waals surface area contributed by atoms with Crippen LogP contribution in [0.2, 0.25) is 5.02 Å². The molecule has 0 unspecified atom stereocenters. The summed E-state index contributed by atoms with van der Waals surface area (Å²) in [4.78, 5) is 14.7. The minimum atomic E-state index is -0.464. The molecule has 0 bridgehead atoms. The first-order valence-electron chi connectivity index (χ1n) is 5.45. The van der Waals surface area contributed by atoms with Gasteiger partial charge < -0.3 is 0 Å². The highest BCUT2D eigenvalue weighted by molar-refractivity contribution is 7.21. The highest BCUT2D eigenvalue weighted by atomic mass is 35.5. The fourth-order valence-electron chi connectivity index (χ4n) is 1.78. The van der Waals surface area contributed by atoms with Crippen molar-refractivity contribution in [3.05, 3.63) is 57.6 Å². The lowest BCUT2D eigenvalue weighted by Gasteiger charge is -1.99. The number of fused-ring (bicyclic) bond motifs is 1. The SMILES string of the molecule is O=[N+]([O-])c1ccc(-c2nc3ccccc3s2)c(Cl)c1. The Kier molecular flexibility index (Phi) is 2.93. The number of rotatable bonds is 2. The molecule has 3 aromatic rings. The van der Waals surface area contributed by atoms with E-state index in [1.165, 1.54) is 23.5 Å². The molecule has 2 aromatic carbocycles. The van der Waals surface area contributed by atoms with E-state index in [0.29, 0.717) is 10.6 Å². The monoisotopic (exact) mass is 290 g/mol. The number of hydrogen-bond donors (Lipinski definition) is 0. The van der Waals surface area contributed by atoms with Crippen molar-refractivity contribution in [3.8, 4) is 10.6 Å². The summed E-state index contributed by atoms with van der Waals surface area (Å²) in [6.45, 7) is 0. The summed E-state index contributed by atoms with van der Waals surface area (Å²) >= 11 is 7.61. The van der Waals surface area contributed by atoms with Crippen molar-refractivity contribution in [1.29, 1.82) is 0 Å². The van der Waals surface area contributed by atoms with Crippen LogP contribution in [-0.2, 0) is 0 Å². The van der Waals surface area contributed by atoms with E-state index in [1.807, 2.05) is 24.3 Å². The number of hydrogen-bond acceptors (Lipinski definition) is 4. The molecule has 0 aliphatic heterocycles. The quantitative estimate of drug-likeness (QED) is 0.515. The van der Waals surface area contributed by atoms with Crippen molar-refractivity contribution in [2.45, 2.75) is 0 Å². The average molecular weight is 291 g/mol. The summed E-state index contributed by atoms with van der Waals surface area (Å²) in [6, 6.07) is 12.2. The van der Waals surface area contributed by atoms with E-state index >= 15 is 0 Å². The Balaban J connectivity index is 2.13. The molecule has 3 rings (SSSR count). The van der Waals surface area contributed by atoms with E-state index in [2.05, 4.69) is 4.98 Å². The zero-order valence-corrected chi connectivity index (χ0v) is 11.1. The molecule has 0 saturated carbocycles. The molecule has 0 spiro atoms. The maximum atomic E-state index is 10.7. The predicted molar refractivity (Wildman–Crippen MR) is 76.7 cm³/mol. The Morgan fingerprint density at radius 3 is 2.68 bits per heavy atom. The van der Waals surface area contributed by atoms with Gasteiger partial charge in [-0.25, -0.2) is 4.98 Å². The van der Waals surface area contributed by atoms with Gasteiger partial charge in [-0.05, 0) is 18.2 Å². The van der Waals surface area contributed by atoms with Gasteiger partial charge in [0.1, 0.15) is 5.01 Å². The molecule has 19 heavy (non-hydrogen) atoms. The molecule has 0 N–H and O–H groups in total. The molecule has 0 amide bonds. The van der Waals surface area contributed by atoms with Gasteiger partial charge in [-0.15, -0.1) is 11.3 Å².